The first-order valence-electron chi connectivity index (χ1n) is 16.5. The molecule has 0 aliphatic heterocycles. The highest BCUT2D eigenvalue weighted by Crippen LogP contribution is 2.45. The van der Waals surface area contributed by atoms with E-state index in [1.54, 1.807) is 0 Å². The van der Waals surface area contributed by atoms with Crippen LogP contribution in [0.5, 0.6) is 0 Å². The summed E-state index contributed by atoms with van der Waals surface area (Å²) in [4.78, 5) is 6.72. The Kier molecular flexibility index (Phi) is 6.15. The zero-order valence-corrected chi connectivity index (χ0v) is 26.5. The van der Waals surface area contributed by atoms with Crippen LogP contribution in [0.15, 0.2) is 181 Å². The van der Waals surface area contributed by atoms with Crippen LogP contribution in [0.3, 0.4) is 0 Å². The third-order valence-electron chi connectivity index (χ3n) is 9.64. The molecule has 0 saturated carbocycles. The number of para-hydroxylation sites is 2. The van der Waals surface area contributed by atoms with Gasteiger partial charge in [0.05, 0.1) is 22.1 Å². The smallest absolute Gasteiger partial charge is 0.137 e. The molecule has 0 bridgehead atoms. The SMILES string of the molecule is c1ccc(-c2ccc(N(c3ccc4c5ccccc5n(-c5ccccc5)c4c3)c3cccc4oc5cc6cnccc6cc5c34)cc2)cc1. The highest BCUT2D eigenvalue weighted by Gasteiger charge is 2.22. The molecule has 0 atom stereocenters. The van der Waals surface area contributed by atoms with Crippen molar-refractivity contribution in [3.05, 3.63) is 176 Å². The fraction of sp³-hybridized carbons (Fsp3) is 0. The predicted octanol–water partition coefficient (Wildman–Crippen LogP) is 12.4. The Morgan fingerprint density at radius 1 is 0.490 bits per heavy atom. The molecule has 3 aromatic heterocycles. The summed E-state index contributed by atoms with van der Waals surface area (Å²) in [5, 5.41) is 6.79. The molecular formula is C45H29N3O. The summed E-state index contributed by atoms with van der Waals surface area (Å²) in [6, 6.07) is 58.3. The first-order chi connectivity index (χ1) is 24.3. The van der Waals surface area contributed by atoms with Crippen LogP contribution in [0, 0.1) is 0 Å². The summed E-state index contributed by atoms with van der Waals surface area (Å²) in [6.07, 6.45) is 3.74. The molecule has 0 saturated heterocycles. The van der Waals surface area contributed by atoms with E-state index in [2.05, 4.69) is 178 Å². The molecule has 7 aromatic carbocycles. The van der Waals surface area contributed by atoms with Gasteiger partial charge in [-0.25, -0.2) is 0 Å². The summed E-state index contributed by atoms with van der Waals surface area (Å²) in [6.45, 7) is 0. The molecule has 0 N–H and O–H groups in total. The maximum absolute atomic E-state index is 6.53. The van der Waals surface area contributed by atoms with Crippen LogP contribution < -0.4 is 4.90 Å². The van der Waals surface area contributed by atoms with Gasteiger partial charge in [0.2, 0.25) is 0 Å². The summed E-state index contributed by atoms with van der Waals surface area (Å²) < 4.78 is 8.90. The maximum atomic E-state index is 6.53. The fourth-order valence-corrected chi connectivity index (χ4v) is 7.39. The van der Waals surface area contributed by atoms with E-state index in [9.17, 15) is 0 Å². The summed E-state index contributed by atoms with van der Waals surface area (Å²) in [5.74, 6) is 0. The normalized spacial score (nSPS) is 11.7. The number of rotatable bonds is 5. The lowest BCUT2D eigenvalue weighted by molar-refractivity contribution is 0.669. The Balaban J connectivity index is 1.25. The minimum absolute atomic E-state index is 0.848. The molecule has 0 amide bonds. The molecular weight excluding hydrogens is 599 g/mol. The second kappa shape index (κ2) is 11.0. The van der Waals surface area contributed by atoms with E-state index in [0.29, 0.717) is 0 Å². The molecule has 0 unspecified atom stereocenters. The van der Waals surface area contributed by atoms with Crippen LogP contribution in [0.4, 0.5) is 17.1 Å². The van der Waals surface area contributed by atoms with Gasteiger partial charge in [0.1, 0.15) is 11.2 Å². The van der Waals surface area contributed by atoms with Gasteiger partial charge < -0.3 is 13.9 Å². The summed E-state index contributed by atoms with van der Waals surface area (Å²) in [7, 11) is 0. The van der Waals surface area contributed by atoms with Crippen molar-refractivity contribution >= 4 is 71.6 Å². The average Bonchev–Trinajstić information content (AvgIpc) is 3.70. The monoisotopic (exact) mass is 627 g/mol. The number of pyridine rings is 1. The fourth-order valence-electron chi connectivity index (χ4n) is 7.39. The topological polar surface area (TPSA) is 34.2 Å². The zero-order valence-electron chi connectivity index (χ0n) is 26.5. The molecule has 3 heterocycles. The van der Waals surface area contributed by atoms with Gasteiger partial charge in [0.15, 0.2) is 0 Å². The minimum atomic E-state index is 0.848. The van der Waals surface area contributed by atoms with Gasteiger partial charge in [-0.05, 0) is 89.3 Å². The van der Waals surface area contributed by atoms with Crippen molar-refractivity contribution in [3.8, 4) is 16.8 Å². The Morgan fingerprint density at radius 3 is 2.08 bits per heavy atom. The van der Waals surface area contributed by atoms with Crippen LogP contribution in [-0.4, -0.2) is 9.55 Å². The molecule has 49 heavy (non-hydrogen) atoms. The lowest BCUT2D eigenvalue weighted by Crippen LogP contribution is -2.10. The number of fused-ring (bicyclic) bond motifs is 7. The molecule has 230 valence electrons. The molecule has 0 radical (unpaired) electrons. The van der Waals surface area contributed by atoms with Crippen LogP contribution in [0.2, 0.25) is 0 Å². The van der Waals surface area contributed by atoms with Gasteiger partial charge in [0.25, 0.3) is 0 Å². The van der Waals surface area contributed by atoms with Crippen LogP contribution in [0.25, 0.3) is 71.3 Å². The van der Waals surface area contributed by atoms with Crippen molar-refractivity contribution < 1.29 is 4.42 Å². The van der Waals surface area contributed by atoms with E-state index in [0.717, 1.165) is 61.0 Å². The van der Waals surface area contributed by atoms with Gasteiger partial charge in [-0.3, -0.25) is 4.98 Å². The largest absolute Gasteiger partial charge is 0.456 e. The number of anilines is 3. The number of aromatic nitrogens is 2. The van der Waals surface area contributed by atoms with E-state index in [4.69, 9.17) is 4.42 Å². The summed E-state index contributed by atoms with van der Waals surface area (Å²) >= 11 is 0. The highest BCUT2D eigenvalue weighted by molar-refractivity contribution is 6.17. The molecule has 0 spiro atoms. The Morgan fingerprint density at radius 2 is 1.22 bits per heavy atom. The number of hydrogen-bond donors (Lipinski definition) is 0. The van der Waals surface area contributed by atoms with Gasteiger partial charge in [0, 0.05) is 51.0 Å². The van der Waals surface area contributed by atoms with Crippen LogP contribution >= 0.6 is 0 Å². The van der Waals surface area contributed by atoms with Crippen molar-refractivity contribution in [1.82, 2.24) is 9.55 Å². The van der Waals surface area contributed by atoms with Crippen molar-refractivity contribution in [2.75, 3.05) is 4.90 Å². The average molecular weight is 628 g/mol. The minimum Gasteiger partial charge on any atom is -0.456 e. The van der Waals surface area contributed by atoms with E-state index >= 15 is 0 Å². The molecule has 4 heteroatoms. The summed E-state index contributed by atoms with van der Waals surface area (Å²) in [5.41, 5.74) is 10.7. The number of furan rings is 1. The molecule has 0 fully saturated rings. The lowest BCUT2D eigenvalue weighted by atomic mass is 10.0. The van der Waals surface area contributed by atoms with Gasteiger partial charge in [-0.1, -0.05) is 91.0 Å². The Labute approximate surface area is 282 Å². The van der Waals surface area contributed by atoms with Crippen LogP contribution in [0.1, 0.15) is 0 Å². The van der Waals surface area contributed by atoms with E-state index in [1.807, 2.05) is 12.4 Å². The number of hydrogen-bond acceptors (Lipinski definition) is 3. The quantitative estimate of drug-likeness (QED) is 0.190. The second-order valence-corrected chi connectivity index (χ2v) is 12.5. The Hall–Kier alpha value is -6.65. The third-order valence-corrected chi connectivity index (χ3v) is 9.64. The molecule has 10 rings (SSSR count). The lowest BCUT2D eigenvalue weighted by Gasteiger charge is -2.27. The molecule has 0 aliphatic carbocycles. The number of nitrogens with zero attached hydrogens (tertiary/aromatic N) is 3. The standard InChI is InChI=1S/C45H29N3O/c1-3-10-30(11-4-1)31-18-20-35(21-19-31)47(41-16-9-17-43-45(41)39-26-32-24-25-46-29-33(32)27-44(39)49-43)36-22-23-38-37-14-7-8-15-40(37)48(42(38)28-36)34-12-5-2-6-13-34/h1-29H. The van der Waals surface area contributed by atoms with Crippen LogP contribution in [-0.2, 0) is 0 Å². The van der Waals surface area contributed by atoms with E-state index < -0.39 is 0 Å². The van der Waals surface area contributed by atoms with E-state index in [1.165, 1.54) is 27.4 Å². The second-order valence-electron chi connectivity index (χ2n) is 12.5. The van der Waals surface area contributed by atoms with Crippen molar-refractivity contribution in [3.63, 3.8) is 0 Å². The number of benzene rings is 7. The van der Waals surface area contributed by atoms with Gasteiger partial charge in [-0.2, -0.15) is 0 Å². The van der Waals surface area contributed by atoms with Crippen molar-refractivity contribution in [2.45, 2.75) is 0 Å². The zero-order chi connectivity index (χ0) is 32.3. The predicted molar refractivity (Wildman–Crippen MR) is 203 cm³/mol. The third kappa shape index (κ3) is 4.42. The van der Waals surface area contributed by atoms with Gasteiger partial charge >= 0.3 is 0 Å². The maximum Gasteiger partial charge on any atom is 0.137 e. The van der Waals surface area contributed by atoms with Gasteiger partial charge in [-0.15, -0.1) is 0 Å². The van der Waals surface area contributed by atoms with Crippen molar-refractivity contribution in [2.24, 2.45) is 0 Å². The molecule has 10 aromatic rings. The Bertz CT molecular complexity index is 2820. The first kappa shape index (κ1) is 27.5. The van der Waals surface area contributed by atoms with E-state index in [-0.39, 0.29) is 0 Å². The highest BCUT2D eigenvalue weighted by atomic mass is 16.3. The molecule has 4 nitrogen and oxygen atoms in total. The molecule has 0 aliphatic rings. The first-order valence-corrected chi connectivity index (χ1v) is 16.5. The van der Waals surface area contributed by atoms with Crippen molar-refractivity contribution in [1.29, 1.82) is 0 Å².